The first kappa shape index (κ1) is 30.0. The third-order valence-electron chi connectivity index (χ3n) is 9.91. The number of carbonyl (C=O) groups is 2. The molecule has 1 aliphatic carbocycles. The zero-order valence-corrected chi connectivity index (χ0v) is 28.5. The van der Waals surface area contributed by atoms with Crippen LogP contribution in [0.2, 0.25) is 0 Å². The van der Waals surface area contributed by atoms with E-state index in [1.165, 1.54) is 38.9 Å². The fraction of sp³-hybridized carbons (Fsp3) is 0.136. The fourth-order valence-corrected chi connectivity index (χ4v) is 8.97. The molecule has 3 nitrogen and oxygen atoms in total. The molecule has 0 atom stereocenters. The molecule has 48 heavy (non-hydrogen) atoms. The van der Waals surface area contributed by atoms with Crippen molar-refractivity contribution in [3.63, 3.8) is 0 Å². The van der Waals surface area contributed by atoms with Crippen molar-refractivity contribution in [1.82, 2.24) is 0 Å². The molecule has 0 spiro atoms. The Balaban J connectivity index is 1.35. The number of Topliss-reactive ketones (excluding diaryl/α,β-unsaturated/α-hetero) is 2. The lowest BCUT2D eigenvalue weighted by Gasteiger charge is -2.41. The van der Waals surface area contributed by atoms with Crippen LogP contribution in [0.25, 0.3) is 28.3 Å². The average Bonchev–Trinajstić information content (AvgIpc) is 3.61. The highest BCUT2D eigenvalue weighted by molar-refractivity contribution is 7.17. The van der Waals surface area contributed by atoms with Crippen LogP contribution in [-0.4, -0.2) is 11.6 Å². The molecule has 0 saturated carbocycles. The largest absolute Gasteiger partial charge is 0.301 e. The number of thiophene rings is 1. The SMILES string of the molecule is Cc1cc(C)c(-c2ccc3c(c2)C(C)(C)c2cc(C=C4C(=O)c5ccccc5C4=O)sc2N3c2ccccc2-c2ccccc2)c(C)c1. The van der Waals surface area contributed by atoms with Gasteiger partial charge in [-0.3, -0.25) is 9.59 Å². The summed E-state index contributed by atoms with van der Waals surface area (Å²) in [5.41, 5.74) is 14.0. The Bertz CT molecular complexity index is 2280. The summed E-state index contributed by atoms with van der Waals surface area (Å²) in [5, 5.41) is 1.09. The van der Waals surface area contributed by atoms with Gasteiger partial charge in [0.25, 0.3) is 0 Å². The number of anilines is 3. The topological polar surface area (TPSA) is 37.4 Å². The van der Waals surface area contributed by atoms with Gasteiger partial charge in [0.05, 0.1) is 16.9 Å². The van der Waals surface area contributed by atoms with Gasteiger partial charge in [-0.05, 0) is 90.1 Å². The minimum atomic E-state index is -0.356. The van der Waals surface area contributed by atoms with E-state index in [1.807, 2.05) is 18.2 Å². The minimum absolute atomic E-state index is 0.204. The zero-order chi connectivity index (χ0) is 33.3. The smallest absolute Gasteiger partial charge is 0.197 e. The summed E-state index contributed by atoms with van der Waals surface area (Å²) in [6, 6.07) is 39.8. The van der Waals surface area contributed by atoms with Gasteiger partial charge < -0.3 is 4.90 Å². The normalized spacial score (nSPS) is 14.5. The Hall–Kier alpha value is -5.32. The third-order valence-corrected chi connectivity index (χ3v) is 11.0. The molecular weight excluding hydrogens is 607 g/mol. The third kappa shape index (κ3) is 4.63. The van der Waals surface area contributed by atoms with Crippen LogP contribution in [0.1, 0.15) is 67.3 Å². The summed E-state index contributed by atoms with van der Waals surface area (Å²) in [5.74, 6) is -0.409. The van der Waals surface area contributed by atoms with Crippen molar-refractivity contribution in [2.45, 2.75) is 40.0 Å². The summed E-state index contributed by atoms with van der Waals surface area (Å²) in [4.78, 5) is 30.1. The molecule has 234 valence electrons. The highest BCUT2D eigenvalue weighted by atomic mass is 32.1. The molecular formula is C44H35NO2S. The monoisotopic (exact) mass is 641 g/mol. The van der Waals surface area contributed by atoms with Gasteiger partial charge >= 0.3 is 0 Å². The summed E-state index contributed by atoms with van der Waals surface area (Å²) in [6.07, 6.45) is 1.81. The van der Waals surface area contributed by atoms with Crippen molar-refractivity contribution in [2.75, 3.05) is 4.90 Å². The van der Waals surface area contributed by atoms with Crippen LogP contribution >= 0.6 is 11.3 Å². The predicted octanol–water partition coefficient (Wildman–Crippen LogP) is 11.6. The second-order valence-corrected chi connectivity index (χ2v) is 14.5. The summed E-state index contributed by atoms with van der Waals surface area (Å²) in [6.45, 7) is 11.1. The Morgan fingerprint density at radius 1 is 0.604 bits per heavy atom. The van der Waals surface area contributed by atoms with E-state index >= 15 is 0 Å². The van der Waals surface area contributed by atoms with E-state index < -0.39 is 0 Å². The quantitative estimate of drug-likeness (QED) is 0.142. The summed E-state index contributed by atoms with van der Waals surface area (Å²) < 4.78 is 0. The Morgan fingerprint density at radius 2 is 1.21 bits per heavy atom. The number of rotatable bonds is 4. The molecule has 4 heteroatoms. The number of aryl methyl sites for hydroxylation is 3. The first-order chi connectivity index (χ1) is 23.1. The lowest BCUT2D eigenvalue weighted by atomic mass is 9.74. The number of allylic oxidation sites excluding steroid dienone is 1. The fourth-order valence-electron chi connectivity index (χ4n) is 7.68. The van der Waals surface area contributed by atoms with Crippen LogP contribution in [0.3, 0.4) is 0 Å². The maximum absolute atomic E-state index is 13.4. The van der Waals surface area contributed by atoms with E-state index in [2.05, 4.69) is 124 Å². The Morgan fingerprint density at radius 3 is 1.88 bits per heavy atom. The maximum atomic E-state index is 13.4. The number of benzene rings is 5. The van der Waals surface area contributed by atoms with Crippen LogP contribution < -0.4 is 4.90 Å². The molecule has 2 aliphatic rings. The van der Waals surface area contributed by atoms with Gasteiger partial charge in [0, 0.05) is 27.0 Å². The van der Waals surface area contributed by atoms with E-state index in [0.717, 1.165) is 32.4 Å². The van der Waals surface area contributed by atoms with Crippen molar-refractivity contribution in [3.8, 4) is 22.3 Å². The van der Waals surface area contributed by atoms with E-state index in [-0.39, 0.29) is 22.6 Å². The Kier molecular flexibility index (Phi) is 6.97. The molecule has 0 saturated heterocycles. The highest BCUT2D eigenvalue weighted by Crippen LogP contribution is 2.57. The van der Waals surface area contributed by atoms with Crippen LogP contribution in [0, 0.1) is 20.8 Å². The van der Waals surface area contributed by atoms with Gasteiger partial charge in [-0.1, -0.05) is 110 Å². The van der Waals surface area contributed by atoms with Crippen molar-refractivity contribution in [1.29, 1.82) is 0 Å². The first-order valence-electron chi connectivity index (χ1n) is 16.4. The number of para-hydroxylation sites is 1. The van der Waals surface area contributed by atoms with E-state index in [9.17, 15) is 9.59 Å². The second kappa shape index (κ2) is 11.1. The van der Waals surface area contributed by atoms with Gasteiger partial charge in [0.15, 0.2) is 11.6 Å². The van der Waals surface area contributed by atoms with Gasteiger partial charge in [-0.2, -0.15) is 0 Å². The molecule has 1 aromatic heterocycles. The molecule has 0 fully saturated rings. The van der Waals surface area contributed by atoms with Crippen LogP contribution in [0.15, 0.2) is 121 Å². The molecule has 2 heterocycles. The molecule has 6 aromatic rings. The minimum Gasteiger partial charge on any atom is -0.301 e. The molecule has 0 bridgehead atoms. The predicted molar refractivity (Wildman–Crippen MR) is 199 cm³/mol. The van der Waals surface area contributed by atoms with Crippen molar-refractivity contribution < 1.29 is 9.59 Å². The highest BCUT2D eigenvalue weighted by Gasteiger charge is 2.40. The van der Waals surface area contributed by atoms with Crippen molar-refractivity contribution in [3.05, 3.63) is 165 Å². The van der Waals surface area contributed by atoms with Crippen molar-refractivity contribution >= 4 is 45.4 Å². The number of nitrogens with zero attached hydrogens (tertiary/aromatic N) is 1. The number of carbonyl (C=O) groups excluding carboxylic acids is 2. The number of hydrogen-bond donors (Lipinski definition) is 0. The molecule has 0 unspecified atom stereocenters. The van der Waals surface area contributed by atoms with E-state index in [1.54, 1.807) is 29.5 Å². The molecule has 1 aliphatic heterocycles. The standard InChI is InChI=1S/C44H35NO2S/c1-26-21-27(2)40(28(3)22-26)30-19-20-39-36(23-30)44(4,5)37-25-31(24-35-41(46)33-16-9-10-17-34(33)42(35)47)48-43(37)45(39)38-18-12-11-15-32(38)29-13-7-6-8-14-29/h6-25H,1-5H3. The average molecular weight is 642 g/mol. The Labute approximate surface area is 285 Å². The molecule has 8 rings (SSSR count). The van der Waals surface area contributed by atoms with Crippen LogP contribution in [-0.2, 0) is 5.41 Å². The lowest BCUT2D eigenvalue weighted by Crippen LogP contribution is -2.29. The van der Waals surface area contributed by atoms with Crippen LogP contribution in [0.5, 0.6) is 0 Å². The molecule has 0 radical (unpaired) electrons. The summed E-state index contributed by atoms with van der Waals surface area (Å²) in [7, 11) is 0. The zero-order valence-electron chi connectivity index (χ0n) is 27.7. The van der Waals surface area contributed by atoms with Crippen molar-refractivity contribution in [2.24, 2.45) is 0 Å². The van der Waals surface area contributed by atoms with Gasteiger partial charge in [-0.25, -0.2) is 0 Å². The first-order valence-corrected chi connectivity index (χ1v) is 17.2. The number of fused-ring (bicyclic) bond motifs is 3. The van der Waals surface area contributed by atoms with Crippen LogP contribution in [0.4, 0.5) is 16.4 Å². The molecule has 5 aromatic carbocycles. The summed E-state index contributed by atoms with van der Waals surface area (Å²) >= 11 is 1.63. The van der Waals surface area contributed by atoms with Gasteiger partial charge in [-0.15, -0.1) is 11.3 Å². The second-order valence-electron chi connectivity index (χ2n) is 13.5. The van der Waals surface area contributed by atoms with Gasteiger partial charge in [0.1, 0.15) is 5.00 Å². The molecule has 0 N–H and O–H groups in total. The lowest BCUT2D eigenvalue weighted by molar-refractivity contribution is 0.0990. The van der Waals surface area contributed by atoms with E-state index in [0.29, 0.717) is 11.1 Å². The number of hydrogen-bond acceptors (Lipinski definition) is 4. The van der Waals surface area contributed by atoms with E-state index in [4.69, 9.17) is 0 Å². The molecule has 0 amide bonds. The number of ketones is 2. The maximum Gasteiger partial charge on any atom is 0.197 e. The van der Waals surface area contributed by atoms with Gasteiger partial charge in [0.2, 0.25) is 0 Å².